The lowest BCUT2D eigenvalue weighted by atomic mass is 9.86. The van der Waals surface area contributed by atoms with Crippen molar-refractivity contribution < 1.29 is 4.79 Å². The molecule has 0 radical (unpaired) electrons. The van der Waals surface area contributed by atoms with Gasteiger partial charge in [0.15, 0.2) is 0 Å². The summed E-state index contributed by atoms with van der Waals surface area (Å²) >= 11 is 3.72. The van der Waals surface area contributed by atoms with Crippen molar-refractivity contribution in [2.24, 2.45) is 17.6 Å². The molecule has 0 bridgehead atoms. The SMILES string of the molecule is Cc1cccc(C(CC(=O)NC[C@H]2CC[C@H](N)CC2)c2cn(CC3CCCCC3)c3ccc(Br)cc23)c1. The normalized spacial score (nSPS) is 21.7. The highest BCUT2D eigenvalue weighted by molar-refractivity contribution is 9.10. The van der Waals surface area contributed by atoms with Gasteiger partial charge in [-0.1, -0.05) is 65.0 Å². The second-order valence-electron chi connectivity index (χ2n) is 11.7. The fourth-order valence-corrected chi connectivity index (χ4v) is 6.94. The molecule has 1 heterocycles. The smallest absolute Gasteiger partial charge is 0.220 e. The second-order valence-corrected chi connectivity index (χ2v) is 12.6. The zero-order chi connectivity index (χ0) is 25.8. The molecule has 1 amide bonds. The summed E-state index contributed by atoms with van der Waals surface area (Å²) in [7, 11) is 0. The molecule has 4 nitrogen and oxygen atoms in total. The Morgan fingerprint density at radius 3 is 2.57 bits per heavy atom. The lowest BCUT2D eigenvalue weighted by Gasteiger charge is -2.26. The van der Waals surface area contributed by atoms with E-state index in [1.807, 2.05) is 0 Å². The summed E-state index contributed by atoms with van der Waals surface area (Å²) in [6.07, 6.45) is 13.9. The van der Waals surface area contributed by atoms with E-state index in [1.165, 1.54) is 59.7 Å². The maximum absolute atomic E-state index is 13.4. The Bertz CT molecular complexity index is 1200. The second kappa shape index (κ2) is 12.2. The van der Waals surface area contributed by atoms with Crippen LogP contribution in [0.4, 0.5) is 0 Å². The van der Waals surface area contributed by atoms with Crippen molar-refractivity contribution in [3.63, 3.8) is 0 Å². The standard InChI is InChI=1S/C32H42BrN3O/c1-22-6-5-9-25(16-22)28(18-32(37)35-19-23-10-13-27(34)14-11-23)30-21-36(20-24-7-3-2-4-8-24)31-15-12-26(33)17-29(30)31/h5-6,9,12,15-17,21,23-24,27-28H,2-4,7-8,10-11,13-14,18-20,34H2,1H3,(H,35,37)/t23-,27-,28?. The van der Waals surface area contributed by atoms with E-state index in [1.54, 1.807) is 0 Å². The molecule has 3 aromatic rings. The predicted molar refractivity (Wildman–Crippen MR) is 157 cm³/mol. The monoisotopic (exact) mass is 563 g/mol. The van der Waals surface area contributed by atoms with Crippen LogP contribution in [-0.2, 0) is 11.3 Å². The third kappa shape index (κ3) is 6.67. The number of benzene rings is 2. The van der Waals surface area contributed by atoms with E-state index in [-0.39, 0.29) is 11.8 Å². The van der Waals surface area contributed by atoms with Crippen LogP contribution in [0, 0.1) is 18.8 Å². The van der Waals surface area contributed by atoms with Gasteiger partial charge in [0.2, 0.25) is 5.91 Å². The highest BCUT2D eigenvalue weighted by Gasteiger charge is 2.25. The van der Waals surface area contributed by atoms with Gasteiger partial charge in [0, 0.05) is 53.0 Å². The number of nitrogens with zero attached hydrogens (tertiary/aromatic N) is 1. The highest BCUT2D eigenvalue weighted by Crippen LogP contribution is 2.37. The molecule has 0 saturated heterocycles. The van der Waals surface area contributed by atoms with Gasteiger partial charge in [-0.15, -0.1) is 0 Å². The van der Waals surface area contributed by atoms with Gasteiger partial charge >= 0.3 is 0 Å². The zero-order valence-corrected chi connectivity index (χ0v) is 23.8. The van der Waals surface area contributed by atoms with Gasteiger partial charge in [0.1, 0.15) is 0 Å². The number of hydrogen-bond acceptors (Lipinski definition) is 2. The number of rotatable bonds is 8. The van der Waals surface area contributed by atoms with Crippen LogP contribution >= 0.6 is 15.9 Å². The fourth-order valence-electron chi connectivity index (χ4n) is 6.58. The van der Waals surface area contributed by atoms with Crippen LogP contribution in [-0.4, -0.2) is 23.1 Å². The Morgan fingerprint density at radius 2 is 1.81 bits per heavy atom. The number of hydrogen-bond donors (Lipinski definition) is 2. The summed E-state index contributed by atoms with van der Waals surface area (Å²) in [6, 6.07) is 15.7. The van der Waals surface area contributed by atoms with Gasteiger partial charge in [-0.05, 0) is 86.6 Å². The van der Waals surface area contributed by atoms with Crippen molar-refractivity contribution in [3.8, 4) is 0 Å². The Labute approximate surface area is 230 Å². The van der Waals surface area contributed by atoms with Crippen LogP contribution in [0.15, 0.2) is 53.1 Å². The average molecular weight is 565 g/mol. The predicted octanol–water partition coefficient (Wildman–Crippen LogP) is 7.45. The van der Waals surface area contributed by atoms with Crippen molar-refractivity contribution in [3.05, 3.63) is 69.8 Å². The Balaban J connectivity index is 1.43. The molecular weight excluding hydrogens is 522 g/mol. The molecule has 2 fully saturated rings. The highest BCUT2D eigenvalue weighted by atomic mass is 79.9. The van der Waals surface area contributed by atoms with E-state index < -0.39 is 0 Å². The van der Waals surface area contributed by atoms with E-state index in [9.17, 15) is 4.79 Å². The summed E-state index contributed by atoms with van der Waals surface area (Å²) in [5.74, 6) is 1.45. The molecule has 5 heteroatoms. The number of carbonyl (C=O) groups is 1. The number of amides is 1. The van der Waals surface area contributed by atoms with Crippen LogP contribution in [0.25, 0.3) is 10.9 Å². The molecule has 2 aliphatic carbocycles. The summed E-state index contributed by atoms with van der Waals surface area (Å²) in [5.41, 5.74) is 11.1. The molecule has 0 aliphatic heterocycles. The molecule has 0 spiro atoms. The van der Waals surface area contributed by atoms with Crippen LogP contribution in [0.5, 0.6) is 0 Å². The van der Waals surface area contributed by atoms with Gasteiger partial charge in [-0.25, -0.2) is 0 Å². The molecule has 37 heavy (non-hydrogen) atoms. The quantitative estimate of drug-likeness (QED) is 0.299. The van der Waals surface area contributed by atoms with Gasteiger partial charge in [0.05, 0.1) is 0 Å². The number of carbonyl (C=O) groups excluding carboxylic acids is 1. The lowest BCUT2D eigenvalue weighted by Crippen LogP contribution is -2.34. The average Bonchev–Trinajstić information content (AvgIpc) is 3.24. The first kappa shape index (κ1) is 26.5. The minimum atomic E-state index is 0.0177. The van der Waals surface area contributed by atoms with E-state index in [0.717, 1.165) is 49.2 Å². The van der Waals surface area contributed by atoms with Crippen LogP contribution in [0.1, 0.15) is 86.8 Å². The van der Waals surface area contributed by atoms with Crippen molar-refractivity contribution in [1.29, 1.82) is 0 Å². The molecule has 2 aromatic carbocycles. The summed E-state index contributed by atoms with van der Waals surface area (Å²) in [4.78, 5) is 13.4. The number of aryl methyl sites for hydroxylation is 1. The van der Waals surface area contributed by atoms with Crippen LogP contribution < -0.4 is 11.1 Å². The Kier molecular flexibility index (Phi) is 8.71. The maximum atomic E-state index is 13.4. The number of nitrogens with two attached hydrogens (primary N) is 1. The summed E-state index contributed by atoms with van der Waals surface area (Å²) in [5, 5.41) is 4.54. The van der Waals surface area contributed by atoms with E-state index in [2.05, 4.69) is 81.4 Å². The minimum Gasteiger partial charge on any atom is -0.356 e. The fraction of sp³-hybridized carbons (Fsp3) is 0.531. The third-order valence-corrected chi connectivity index (χ3v) is 9.24. The largest absolute Gasteiger partial charge is 0.356 e. The molecule has 3 N–H and O–H groups in total. The van der Waals surface area contributed by atoms with Crippen LogP contribution in [0.3, 0.4) is 0 Å². The molecular formula is C32H42BrN3O. The van der Waals surface area contributed by atoms with Crippen molar-refractivity contribution in [2.75, 3.05) is 6.54 Å². The number of fused-ring (bicyclic) bond motifs is 1. The van der Waals surface area contributed by atoms with E-state index in [4.69, 9.17) is 5.73 Å². The molecule has 2 aliphatic rings. The van der Waals surface area contributed by atoms with Gasteiger partial charge < -0.3 is 15.6 Å². The van der Waals surface area contributed by atoms with Gasteiger partial charge in [0.25, 0.3) is 0 Å². The topological polar surface area (TPSA) is 60.1 Å². The first-order chi connectivity index (χ1) is 18.0. The molecule has 1 unspecified atom stereocenters. The minimum absolute atomic E-state index is 0.0177. The number of nitrogens with one attached hydrogen (secondary N) is 1. The molecule has 2 saturated carbocycles. The van der Waals surface area contributed by atoms with Crippen LogP contribution in [0.2, 0.25) is 0 Å². The zero-order valence-electron chi connectivity index (χ0n) is 22.2. The van der Waals surface area contributed by atoms with Crippen molar-refractivity contribution >= 4 is 32.7 Å². The number of aromatic nitrogens is 1. The van der Waals surface area contributed by atoms with Crippen molar-refractivity contribution in [1.82, 2.24) is 9.88 Å². The van der Waals surface area contributed by atoms with E-state index in [0.29, 0.717) is 18.4 Å². The first-order valence-corrected chi connectivity index (χ1v) is 15.1. The lowest BCUT2D eigenvalue weighted by molar-refractivity contribution is -0.121. The van der Waals surface area contributed by atoms with Gasteiger partial charge in [-0.2, -0.15) is 0 Å². The van der Waals surface area contributed by atoms with Gasteiger partial charge in [-0.3, -0.25) is 4.79 Å². The molecule has 1 atom stereocenters. The van der Waals surface area contributed by atoms with Crippen molar-refractivity contribution in [2.45, 2.75) is 89.6 Å². The number of halogens is 1. The van der Waals surface area contributed by atoms with E-state index >= 15 is 0 Å². The first-order valence-electron chi connectivity index (χ1n) is 14.3. The summed E-state index contributed by atoms with van der Waals surface area (Å²) in [6.45, 7) is 3.97. The maximum Gasteiger partial charge on any atom is 0.220 e. The molecule has 1 aromatic heterocycles. The Hall–Kier alpha value is -2.11. The molecule has 5 rings (SSSR count). The molecule has 198 valence electrons. The summed E-state index contributed by atoms with van der Waals surface area (Å²) < 4.78 is 3.55. The Morgan fingerprint density at radius 1 is 1.03 bits per heavy atom. The third-order valence-electron chi connectivity index (χ3n) is 8.74.